The standard InChI is InChI=1S/C21H28FN3O3/c1-21(2,3)28-20(27)25-13-15-10-16(25)12-24(15)14-6-7-17(18(22)11-14)19(26)8-9-23(4)5/h6-9,11,15-16H,10,12-13H2,1-5H3/t15-,16-/m0/s1. The Bertz CT molecular complexity index is 801. The minimum absolute atomic E-state index is 0.0570. The number of piperazine rings is 1. The van der Waals surface area contributed by atoms with Crippen LogP contribution in [0.3, 0.4) is 0 Å². The number of allylic oxidation sites excluding steroid dienone is 1. The number of ketones is 1. The maximum atomic E-state index is 14.5. The third kappa shape index (κ3) is 4.29. The van der Waals surface area contributed by atoms with Gasteiger partial charge in [0.05, 0.1) is 11.6 Å². The van der Waals surface area contributed by atoms with Gasteiger partial charge in [-0.25, -0.2) is 9.18 Å². The normalized spacial score (nSPS) is 21.5. The second kappa shape index (κ2) is 7.45. The first-order chi connectivity index (χ1) is 13.0. The van der Waals surface area contributed by atoms with Crippen LogP contribution in [-0.4, -0.2) is 66.5 Å². The Labute approximate surface area is 165 Å². The molecular weight excluding hydrogens is 361 g/mol. The molecule has 3 rings (SSSR count). The van der Waals surface area contributed by atoms with E-state index in [1.165, 1.54) is 18.2 Å². The van der Waals surface area contributed by atoms with Crippen LogP contribution in [0.15, 0.2) is 30.5 Å². The highest BCUT2D eigenvalue weighted by Gasteiger charge is 2.46. The molecule has 6 nitrogen and oxygen atoms in total. The molecule has 2 fully saturated rings. The number of amides is 1. The smallest absolute Gasteiger partial charge is 0.410 e. The monoisotopic (exact) mass is 389 g/mol. The SMILES string of the molecule is CN(C)C=CC(=O)c1ccc(N2C[C@@H]3C[C@H]2CN3C(=O)OC(C)(C)C)cc1F. The first kappa shape index (κ1) is 20.2. The van der Waals surface area contributed by atoms with Gasteiger partial charge in [0.25, 0.3) is 0 Å². The maximum absolute atomic E-state index is 14.5. The zero-order valence-electron chi connectivity index (χ0n) is 17.1. The van der Waals surface area contributed by atoms with Crippen LogP contribution in [0.25, 0.3) is 0 Å². The van der Waals surface area contributed by atoms with Gasteiger partial charge in [0.15, 0.2) is 5.78 Å². The number of hydrogen-bond donors (Lipinski definition) is 0. The van der Waals surface area contributed by atoms with E-state index in [-0.39, 0.29) is 29.5 Å². The number of fused-ring (bicyclic) bond motifs is 2. The van der Waals surface area contributed by atoms with Gasteiger partial charge in [0, 0.05) is 51.2 Å². The molecule has 0 spiro atoms. The molecule has 0 aromatic heterocycles. The van der Waals surface area contributed by atoms with Crippen LogP contribution in [0, 0.1) is 5.82 Å². The summed E-state index contributed by atoms with van der Waals surface area (Å²) in [7, 11) is 3.60. The van der Waals surface area contributed by atoms with Crippen LogP contribution in [0.2, 0.25) is 0 Å². The second-order valence-electron chi connectivity index (χ2n) is 8.64. The molecule has 1 amide bonds. The predicted molar refractivity (Wildman–Crippen MR) is 106 cm³/mol. The van der Waals surface area contributed by atoms with E-state index < -0.39 is 11.4 Å². The Balaban J connectivity index is 1.68. The number of carbonyl (C=O) groups is 2. The van der Waals surface area contributed by atoms with Crippen molar-refractivity contribution >= 4 is 17.6 Å². The van der Waals surface area contributed by atoms with Crippen molar-refractivity contribution in [3.05, 3.63) is 41.9 Å². The number of nitrogens with zero attached hydrogens (tertiary/aromatic N) is 3. The van der Waals surface area contributed by atoms with E-state index in [4.69, 9.17) is 4.74 Å². The Morgan fingerprint density at radius 1 is 1.21 bits per heavy atom. The molecule has 2 aliphatic heterocycles. The summed E-state index contributed by atoms with van der Waals surface area (Å²) in [6.07, 6.45) is 3.50. The molecular formula is C21H28FN3O3. The summed E-state index contributed by atoms with van der Waals surface area (Å²) in [5.74, 6) is -0.894. The van der Waals surface area contributed by atoms with Crippen molar-refractivity contribution in [1.82, 2.24) is 9.80 Å². The zero-order chi connectivity index (χ0) is 20.6. The number of carbonyl (C=O) groups excluding carboxylic acids is 2. The summed E-state index contributed by atoms with van der Waals surface area (Å²) in [4.78, 5) is 30.1. The lowest BCUT2D eigenvalue weighted by molar-refractivity contribution is 0.0214. The van der Waals surface area contributed by atoms with Gasteiger partial charge in [-0.1, -0.05) is 0 Å². The van der Waals surface area contributed by atoms with Gasteiger partial charge in [0.1, 0.15) is 11.4 Å². The summed E-state index contributed by atoms with van der Waals surface area (Å²) in [6, 6.07) is 4.91. The van der Waals surface area contributed by atoms with Gasteiger partial charge in [-0.3, -0.25) is 4.79 Å². The minimum Gasteiger partial charge on any atom is -0.444 e. The fourth-order valence-corrected chi connectivity index (χ4v) is 3.72. The number of halogens is 1. The number of ether oxygens (including phenoxy) is 1. The molecule has 152 valence electrons. The van der Waals surface area contributed by atoms with Crippen LogP contribution in [0.4, 0.5) is 14.9 Å². The molecule has 0 N–H and O–H groups in total. The van der Waals surface area contributed by atoms with Crippen LogP contribution in [0.1, 0.15) is 37.6 Å². The lowest BCUT2D eigenvalue weighted by atomic mass is 10.1. The summed E-state index contributed by atoms with van der Waals surface area (Å²) in [5.41, 5.74) is 0.272. The Hall–Kier alpha value is -2.57. The van der Waals surface area contributed by atoms with Crippen molar-refractivity contribution in [3.63, 3.8) is 0 Å². The van der Waals surface area contributed by atoms with E-state index in [2.05, 4.69) is 4.90 Å². The number of anilines is 1. The average molecular weight is 389 g/mol. The molecule has 0 radical (unpaired) electrons. The lowest BCUT2D eigenvalue weighted by Crippen LogP contribution is -2.50. The molecule has 2 atom stereocenters. The summed E-state index contributed by atoms with van der Waals surface area (Å²) >= 11 is 0. The van der Waals surface area contributed by atoms with E-state index in [0.29, 0.717) is 13.1 Å². The molecule has 7 heteroatoms. The Morgan fingerprint density at radius 2 is 1.93 bits per heavy atom. The van der Waals surface area contributed by atoms with Crippen LogP contribution in [-0.2, 0) is 4.74 Å². The van der Waals surface area contributed by atoms with E-state index in [1.54, 1.807) is 36.2 Å². The fourth-order valence-electron chi connectivity index (χ4n) is 3.72. The predicted octanol–water partition coefficient (Wildman–Crippen LogP) is 3.28. The van der Waals surface area contributed by atoms with Gasteiger partial charge in [-0.05, 0) is 45.4 Å². The highest BCUT2D eigenvalue weighted by atomic mass is 19.1. The molecule has 2 saturated heterocycles. The van der Waals surface area contributed by atoms with E-state index in [9.17, 15) is 14.0 Å². The van der Waals surface area contributed by atoms with Gasteiger partial charge in [-0.2, -0.15) is 0 Å². The van der Waals surface area contributed by atoms with Gasteiger partial charge in [-0.15, -0.1) is 0 Å². The van der Waals surface area contributed by atoms with Crippen LogP contribution >= 0.6 is 0 Å². The first-order valence-electron chi connectivity index (χ1n) is 9.50. The average Bonchev–Trinajstić information content (AvgIpc) is 3.18. The molecule has 28 heavy (non-hydrogen) atoms. The van der Waals surface area contributed by atoms with E-state index >= 15 is 0 Å². The second-order valence-corrected chi connectivity index (χ2v) is 8.64. The van der Waals surface area contributed by atoms with E-state index in [1.807, 2.05) is 20.8 Å². The third-order valence-electron chi connectivity index (χ3n) is 4.94. The summed E-state index contributed by atoms with van der Waals surface area (Å²) in [6.45, 7) is 6.76. The number of benzene rings is 1. The zero-order valence-corrected chi connectivity index (χ0v) is 17.1. The molecule has 1 aromatic rings. The molecule has 2 heterocycles. The summed E-state index contributed by atoms with van der Waals surface area (Å²) in [5, 5.41) is 0. The molecule has 2 aliphatic rings. The van der Waals surface area contributed by atoms with Crippen LogP contribution < -0.4 is 4.90 Å². The van der Waals surface area contributed by atoms with E-state index in [0.717, 1.165) is 12.1 Å². The van der Waals surface area contributed by atoms with Crippen molar-refractivity contribution in [1.29, 1.82) is 0 Å². The van der Waals surface area contributed by atoms with Gasteiger partial charge in [0.2, 0.25) is 0 Å². The molecule has 2 bridgehead atoms. The Morgan fingerprint density at radius 3 is 2.46 bits per heavy atom. The first-order valence-corrected chi connectivity index (χ1v) is 9.50. The maximum Gasteiger partial charge on any atom is 0.410 e. The topological polar surface area (TPSA) is 53.1 Å². The van der Waals surface area contributed by atoms with Crippen molar-refractivity contribution < 1.29 is 18.7 Å². The van der Waals surface area contributed by atoms with Gasteiger partial charge >= 0.3 is 6.09 Å². The number of likely N-dealkylation sites (tertiary alicyclic amines) is 1. The Kier molecular flexibility index (Phi) is 5.37. The summed E-state index contributed by atoms with van der Waals surface area (Å²) < 4.78 is 20.0. The quantitative estimate of drug-likeness (QED) is 0.584. The van der Waals surface area contributed by atoms with Crippen LogP contribution in [0.5, 0.6) is 0 Å². The van der Waals surface area contributed by atoms with Gasteiger partial charge < -0.3 is 19.4 Å². The molecule has 0 unspecified atom stereocenters. The molecule has 0 aliphatic carbocycles. The van der Waals surface area contributed by atoms with Crippen molar-refractivity contribution in [2.24, 2.45) is 0 Å². The number of rotatable bonds is 4. The van der Waals surface area contributed by atoms with Crippen molar-refractivity contribution in [3.8, 4) is 0 Å². The number of hydrogen-bond acceptors (Lipinski definition) is 5. The highest BCUT2D eigenvalue weighted by Crippen LogP contribution is 2.36. The fraction of sp³-hybridized carbons (Fsp3) is 0.524. The third-order valence-corrected chi connectivity index (χ3v) is 4.94. The molecule has 1 aromatic carbocycles. The van der Waals surface area contributed by atoms with Crippen molar-refractivity contribution in [2.45, 2.75) is 44.9 Å². The minimum atomic E-state index is -0.530. The highest BCUT2D eigenvalue weighted by molar-refractivity contribution is 6.04. The molecule has 0 saturated carbocycles. The van der Waals surface area contributed by atoms with Crippen molar-refractivity contribution in [2.75, 3.05) is 32.1 Å². The largest absolute Gasteiger partial charge is 0.444 e. The lowest BCUT2D eigenvalue weighted by Gasteiger charge is -2.36.